The molecule has 0 spiro atoms. The molecule has 1 aromatic heterocycles. The molecule has 0 saturated carbocycles. The number of halogens is 1. The van der Waals surface area contributed by atoms with Crippen LogP contribution in [-0.2, 0) is 17.8 Å². The van der Waals surface area contributed by atoms with Gasteiger partial charge in [-0.05, 0) is 37.5 Å². The maximum Gasteiger partial charge on any atom is 0.246 e. The Morgan fingerprint density at radius 1 is 1.48 bits per heavy atom. The number of nitrogens with zero attached hydrogens (tertiary/aromatic N) is 3. The lowest BCUT2D eigenvalue weighted by atomic mass is 10.2. The fourth-order valence-corrected chi connectivity index (χ4v) is 1.86. The first-order chi connectivity index (χ1) is 10.1. The van der Waals surface area contributed by atoms with E-state index in [4.69, 9.17) is 5.11 Å². The summed E-state index contributed by atoms with van der Waals surface area (Å²) in [4.78, 5) is 11.9. The maximum absolute atomic E-state index is 13.1. The minimum Gasteiger partial charge on any atom is -0.396 e. The van der Waals surface area contributed by atoms with Crippen molar-refractivity contribution in [1.82, 2.24) is 15.0 Å². The highest BCUT2D eigenvalue weighted by molar-refractivity contribution is 5.91. The van der Waals surface area contributed by atoms with Gasteiger partial charge in [0.2, 0.25) is 5.91 Å². The fraction of sp³-hybridized carbons (Fsp3) is 0.357. The van der Waals surface area contributed by atoms with Crippen molar-refractivity contribution in [2.24, 2.45) is 0 Å². The lowest BCUT2D eigenvalue weighted by Gasteiger charge is -2.08. The molecule has 7 heteroatoms. The number of hydrogen-bond donors (Lipinski definition) is 2. The van der Waals surface area contributed by atoms with Gasteiger partial charge in [-0.1, -0.05) is 11.3 Å². The average Bonchev–Trinajstić information content (AvgIpc) is 2.88. The largest absolute Gasteiger partial charge is 0.396 e. The summed E-state index contributed by atoms with van der Waals surface area (Å²) < 4.78 is 14.6. The summed E-state index contributed by atoms with van der Waals surface area (Å²) >= 11 is 0. The van der Waals surface area contributed by atoms with Crippen LogP contribution in [0.1, 0.15) is 17.7 Å². The Balaban J connectivity index is 1.95. The summed E-state index contributed by atoms with van der Waals surface area (Å²) in [5, 5.41) is 19.1. The standard InChI is InChI=1S/C14H17FN4O2/c1-10-4-5-11(15)7-13(10)16-14(21)9-19-8-12(17-18-19)3-2-6-20/h4-5,7-8,20H,2-3,6,9H2,1H3,(H,16,21). The monoisotopic (exact) mass is 292 g/mol. The van der Waals surface area contributed by atoms with Gasteiger partial charge < -0.3 is 10.4 Å². The molecule has 0 aliphatic heterocycles. The summed E-state index contributed by atoms with van der Waals surface area (Å²) in [5.41, 5.74) is 1.95. The Morgan fingerprint density at radius 3 is 3.05 bits per heavy atom. The number of carbonyl (C=O) groups excluding carboxylic acids is 1. The van der Waals surface area contributed by atoms with E-state index in [-0.39, 0.29) is 19.1 Å². The quantitative estimate of drug-likeness (QED) is 0.840. The average molecular weight is 292 g/mol. The van der Waals surface area contributed by atoms with Crippen LogP contribution >= 0.6 is 0 Å². The van der Waals surface area contributed by atoms with Crippen LogP contribution in [0.25, 0.3) is 0 Å². The van der Waals surface area contributed by atoms with Crippen molar-refractivity contribution in [2.75, 3.05) is 11.9 Å². The fourth-order valence-electron chi connectivity index (χ4n) is 1.86. The zero-order valence-corrected chi connectivity index (χ0v) is 11.7. The Morgan fingerprint density at radius 2 is 2.29 bits per heavy atom. The van der Waals surface area contributed by atoms with Crippen LogP contribution in [0.3, 0.4) is 0 Å². The van der Waals surface area contributed by atoms with Crippen LogP contribution in [0, 0.1) is 12.7 Å². The first kappa shape index (κ1) is 15.1. The van der Waals surface area contributed by atoms with Crippen LogP contribution in [0.2, 0.25) is 0 Å². The van der Waals surface area contributed by atoms with Gasteiger partial charge in [-0.25, -0.2) is 9.07 Å². The highest BCUT2D eigenvalue weighted by Gasteiger charge is 2.08. The van der Waals surface area contributed by atoms with Crippen LogP contribution in [0.4, 0.5) is 10.1 Å². The minimum absolute atomic E-state index is 0.00206. The minimum atomic E-state index is -0.400. The first-order valence-electron chi connectivity index (χ1n) is 6.64. The number of nitrogens with one attached hydrogen (secondary N) is 1. The molecule has 0 saturated heterocycles. The number of carbonyl (C=O) groups is 1. The Kier molecular flexibility index (Phi) is 4.99. The zero-order valence-electron chi connectivity index (χ0n) is 11.7. The van der Waals surface area contributed by atoms with Crippen molar-refractivity contribution in [3.63, 3.8) is 0 Å². The van der Waals surface area contributed by atoms with Gasteiger partial charge in [0, 0.05) is 18.5 Å². The van der Waals surface area contributed by atoms with Gasteiger partial charge in [-0.3, -0.25) is 4.79 Å². The van der Waals surface area contributed by atoms with E-state index in [1.807, 2.05) is 0 Å². The normalized spacial score (nSPS) is 10.6. The highest BCUT2D eigenvalue weighted by Crippen LogP contribution is 2.15. The van der Waals surface area contributed by atoms with E-state index >= 15 is 0 Å². The molecule has 0 aliphatic carbocycles. The molecule has 1 amide bonds. The topological polar surface area (TPSA) is 80.0 Å². The second-order valence-electron chi connectivity index (χ2n) is 4.74. The smallest absolute Gasteiger partial charge is 0.246 e. The van der Waals surface area contributed by atoms with Crippen molar-refractivity contribution >= 4 is 11.6 Å². The molecule has 0 aliphatic rings. The lowest BCUT2D eigenvalue weighted by Crippen LogP contribution is -2.19. The number of aliphatic hydroxyl groups is 1. The van der Waals surface area contributed by atoms with E-state index in [9.17, 15) is 9.18 Å². The van der Waals surface area contributed by atoms with Gasteiger partial charge in [-0.2, -0.15) is 0 Å². The molecule has 6 nitrogen and oxygen atoms in total. The molecule has 1 heterocycles. The molecule has 21 heavy (non-hydrogen) atoms. The molecule has 0 unspecified atom stereocenters. The van der Waals surface area contributed by atoms with Crippen molar-refractivity contribution < 1.29 is 14.3 Å². The summed E-state index contributed by atoms with van der Waals surface area (Å²) in [6, 6.07) is 4.23. The maximum atomic E-state index is 13.1. The third kappa shape index (κ3) is 4.35. The van der Waals surface area contributed by atoms with E-state index in [0.717, 1.165) is 11.3 Å². The van der Waals surface area contributed by atoms with E-state index < -0.39 is 5.82 Å². The van der Waals surface area contributed by atoms with Crippen molar-refractivity contribution in [2.45, 2.75) is 26.3 Å². The van der Waals surface area contributed by atoms with Gasteiger partial charge in [0.15, 0.2) is 0 Å². The second-order valence-corrected chi connectivity index (χ2v) is 4.74. The number of rotatable bonds is 6. The van der Waals surface area contributed by atoms with Crippen molar-refractivity contribution in [3.8, 4) is 0 Å². The molecule has 2 N–H and O–H groups in total. The van der Waals surface area contributed by atoms with Gasteiger partial charge in [0.25, 0.3) is 0 Å². The summed E-state index contributed by atoms with van der Waals surface area (Å²) in [6.45, 7) is 1.88. The predicted molar refractivity (Wildman–Crippen MR) is 75.2 cm³/mol. The number of hydrogen-bond acceptors (Lipinski definition) is 4. The third-order valence-corrected chi connectivity index (χ3v) is 2.96. The molecule has 112 valence electrons. The molecule has 2 aromatic rings. The molecule has 1 aromatic carbocycles. The molecule has 0 radical (unpaired) electrons. The molecular weight excluding hydrogens is 275 g/mol. The number of aromatic nitrogens is 3. The third-order valence-electron chi connectivity index (χ3n) is 2.96. The molecule has 2 rings (SSSR count). The Labute approximate surface area is 121 Å². The van der Waals surface area contributed by atoms with Crippen LogP contribution < -0.4 is 5.32 Å². The second kappa shape index (κ2) is 6.94. The van der Waals surface area contributed by atoms with Gasteiger partial charge in [-0.15, -0.1) is 5.10 Å². The molecular formula is C14H17FN4O2. The summed E-state index contributed by atoms with van der Waals surface area (Å²) in [5.74, 6) is -0.703. The van der Waals surface area contributed by atoms with Gasteiger partial charge >= 0.3 is 0 Å². The number of aliphatic hydroxyl groups excluding tert-OH is 1. The van der Waals surface area contributed by atoms with E-state index in [1.165, 1.54) is 16.8 Å². The molecule has 0 fully saturated rings. The van der Waals surface area contributed by atoms with Crippen molar-refractivity contribution in [3.05, 3.63) is 41.5 Å². The Hall–Kier alpha value is -2.28. The van der Waals surface area contributed by atoms with Gasteiger partial charge in [0.1, 0.15) is 12.4 Å². The van der Waals surface area contributed by atoms with Crippen LogP contribution in [0.15, 0.2) is 24.4 Å². The molecule has 0 atom stereocenters. The van der Waals surface area contributed by atoms with Gasteiger partial charge in [0.05, 0.1) is 5.69 Å². The molecule has 0 bridgehead atoms. The SMILES string of the molecule is Cc1ccc(F)cc1NC(=O)Cn1cc(CCCO)nn1. The van der Waals surface area contributed by atoms with Crippen LogP contribution in [0.5, 0.6) is 0 Å². The number of benzene rings is 1. The van der Waals surface area contributed by atoms with E-state index in [1.54, 1.807) is 19.2 Å². The Bertz CT molecular complexity index is 627. The van der Waals surface area contributed by atoms with Crippen LogP contribution in [-0.4, -0.2) is 32.6 Å². The number of amides is 1. The summed E-state index contributed by atoms with van der Waals surface area (Å²) in [7, 11) is 0. The van der Waals surface area contributed by atoms with E-state index in [2.05, 4.69) is 15.6 Å². The lowest BCUT2D eigenvalue weighted by molar-refractivity contribution is -0.116. The van der Waals surface area contributed by atoms with E-state index in [0.29, 0.717) is 18.5 Å². The predicted octanol–water partition coefficient (Wildman–Crippen LogP) is 1.29. The summed E-state index contributed by atoms with van der Waals surface area (Å²) in [6.07, 6.45) is 2.88. The highest BCUT2D eigenvalue weighted by atomic mass is 19.1. The number of anilines is 1. The zero-order chi connectivity index (χ0) is 15.2. The van der Waals surface area contributed by atoms with Crippen molar-refractivity contribution in [1.29, 1.82) is 0 Å². The number of aryl methyl sites for hydroxylation is 2. The first-order valence-corrected chi connectivity index (χ1v) is 6.64.